The van der Waals surface area contributed by atoms with Gasteiger partial charge in [-0.1, -0.05) is 40.7 Å². The van der Waals surface area contributed by atoms with Crippen molar-refractivity contribution >= 4 is 11.0 Å². The predicted molar refractivity (Wildman–Crippen MR) is 81.6 cm³/mol. The van der Waals surface area contributed by atoms with Crippen LogP contribution in [0.3, 0.4) is 0 Å². The largest absolute Gasteiger partial charge is 0.459 e. The van der Waals surface area contributed by atoms with Crippen LogP contribution < -0.4 is 5.73 Å². The molecule has 0 atom stereocenters. The lowest BCUT2D eigenvalue weighted by atomic mass is 9.84. The molecule has 1 heterocycles. The summed E-state index contributed by atoms with van der Waals surface area (Å²) in [6.07, 6.45) is 2.02. The van der Waals surface area contributed by atoms with Crippen molar-refractivity contribution in [3.63, 3.8) is 0 Å². The van der Waals surface area contributed by atoms with Crippen molar-refractivity contribution in [2.45, 2.75) is 59.4 Å². The minimum absolute atomic E-state index is 0.0815. The third kappa shape index (κ3) is 2.42. The van der Waals surface area contributed by atoms with E-state index < -0.39 is 0 Å². The first-order valence-corrected chi connectivity index (χ1v) is 7.20. The Morgan fingerprint density at radius 2 is 1.79 bits per heavy atom. The van der Waals surface area contributed by atoms with E-state index in [1.165, 1.54) is 22.1 Å². The minimum Gasteiger partial charge on any atom is -0.459 e. The minimum atomic E-state index is 0.0815. The van der Waals surface area contributed by atoms with E-state index in [1.54, 1.807) is 0 Å². The molecule has 2 aromatic rings. The summed E-state index contributed by atoms with van der Waals surface area (Å²) in [6.45, 7) is 11.5. The van der Waals surface area contributed by atoms with Crippen molar-refractivity contribution < 1.29 is 4.42 Å². The van der Waals surface area contributed by atoms with Crippen LogP contribution in [0, 0.1) is 0 Å². The molecule has 1 aromatic carbocycles. The van der Waals surface area contributed by atoms with Crippen LogP contribution in [0.2, 0.25) is 0 Å². The summed E-state index contributed by atoms with van der Waals surface area (Å²) in [6, 6.07) is 4.55. The maximum absolute atomic E-state index is 6.07. The molecule has 2 heteroatoms. The SMILES string of the molecule is CCc1cc(C(C)(C)C)c2oc(CN)c(CC)c2c1. The Morgan fingerprint density at radius 3 is 2.26 bits per heavy atom. The van der Waals surface area contributed by atoms with Gasteiger partial charge in [-0.2, -0.15) is 0 Å². The predicted octanol–water partition coefficient (Wildman–Crippen LogP) is 4.31. The first-order valence-electron chi connectivity index (χ1n) is 7.20. The smallest absolute Gasteiger partial charge is 0.138 e. The first kappa shape index (κ1) is 14.1. The van der Waals surface area contributed by atoms with Crippen LogP contribution in [0.1, 0.15) is 57.1 Å². The zero-order chi connectivity index (χ0) is 14.2. The highest BCUT2D eigenvalue weighted by Gasteiger charge is 2.23. The molecule has 0 aliphatic carbocycles. The summed E-state index contributed by atoms with van der Waals surface area (Å²) in [4.78, 5) is 0. The van der Waals surface area contributed by atoms with Gasteiger partial charge in [0.15, 0.2) is 0 Å². The molecule has 0 bridgehead atoms. The number of furan rings is 1. The van der Waals surface area contributed by atoms with Crippen molar-refractivity contribution in [2.75, 3.05) is 0 Å². The summed E-state index contributed by atoms with van der Waals surface area (Å²) in [5, 5.41) is 1.26. The highest BCUT2D eigenvalue weighted by molar-refractivity contribution is 5.86. The molecule has 2 N–H and O–H groups in total. The van der Waals surface area contributed by atoms with Crippen LogP contribution in [-0.4, -0.2) is 0 Å². The van der Waals surface area contributed by atoms with Gasteiger partial charge in [-0.25, -0.2) is 0 Å². The zero-order valence-corrected chi connectivity index (χ0v) is 12.8. The normalized spacial score (nSPS) is 12.3. The molecule has 2 rings (SSSR count). The Labute approximate surface area is 116 Å². The van der Waals surface area contributed by atoms with Crippen LogP contribution in [0.25, 0.3) is 11.0 Å². The average molecular weight is 259 g/mol. The highest BCUT2D eigenvalue weighted by atomic mass is 16.3. The lowest BCUT2D eigenvalue weighted by Crippen LogP contribution is -2.12. The van der Waals surface area contributed by atoms with Crippen molar-refractivity contribution in [3.8, 4) is 0 Å². The zero-order valence-electron chi connectivity index (χ0n) is 12.8. The number of hydrogen-bond donors (Lipinski definition) is 1. The molecule has 2 nitrogen and oxygen atoms in total. The fourth-order valence-electron chi connectivity index (χ4n) is 2.67. The van der Waals surface area contributed by atoms with Crippen molar-refractivity contribution in [2.24, 2.45) is 5.73 Å². The van der Waals surface area contributed by atoms with Crippen LogP contribution in [0.15, 0.2) is 16.5 Å². The van der Waals surface area contributed by atoms with E-state index in [0.717, 1.165) is 24.2 Å². The number of nitrogens with two attached hydrogens (primary N) is 1. The fourth-order valence-corrected chi connectivity index (χ4v) is 2.67. The van der Waals surface area contributed by atoms with Gasteiger partial charge in [0, 0.05) is 16.5 Å². The van der Waals surface area contributed by atoms with Gasteiger partial charge in [0.2, 0.25) is 0 Å². The molecule has 0 amide bonds. The van der Waals surface area contributed by atoms with Gasteiger partial charge in [-0.15, -0.1) is 0 Å². The number of hydrogen-bond acceptors (Lipinski definition) is 2. The molecular formula is C17H25NO. The Hall–Kier alpha value is -1.28. The van der Waals surface area contributed by atoms with Crippen LogP contribution in [-0.2, 0) is 24.8 Å². The van der Waals surface area contributed by atoms with E-state index in [9.17, 15) is 0 Å². The molecule has 0 radical (unpaired) electrons. The molecule has 104 valence electrons. The molecule has 0 unspecified atom stereocenters. The Morgan fingerprint density at radius 1 is 1.11 bits per heavy atom. The van der Waals surface area contributed by atoms with Gasteiger partial charge in [-0.05, 0) is 29.9 Å². The molecule has 0 aliphatic rings. The van der Waals surface area contributed by atoms with E-state index in [-0.39, 0.29) is 5.41 Å². The summed E-state index contributed by atoms with van der Waals surface area (Å²) < 4.78 is 6.07. The molecule has 1 aromatic heterocycles. The van der Waals surface area contributed by atoms with Gasteiger partial charge in [0.05, 0.1) is 6.54 Å². The molecule has 0 aliphatic heterocycles. The van der Waals surface area contributed by atoms with Gasteiger partial charge >= 0.3 is 0 Å². The molecule has 0 saturated carbocycles. The fraction of sp³-hybridized carbons (Fsp3) is 0.529. The standard InChI is InChI=1S/C17H25NO/c1-6-11-8-13-12(7-2)15(10-18)19-16(13)14(9-11)17(3,4)5/h8-9H,6-7,10,18H2,1-5H3. The second kappa shape index (κ2) is 5.01. The van der Waals surface area contributed by atoms with Gasteiger partial charge in [-0.3, -0.25) is 0 Å². The number of aryl methyl sites for hydroxylation is 2. The van der Waals surface area contributed by atoms with Crippen molar-refractivity contribution in [1.29, 1.82) is 0 Å². The Kier molecular flexibility index (Phi) is 3.73. The number of benzene rings is 1. The monoisotopic (exact) mass is 259 g/mol. The maximum atomic E-state index is 6.07. The first-order chi connectivity index (χ1) is 8.92. The second-order valence-electron chi connectivity index (χ2n) is 6.19. The third-order valence-electron chi connectivity index (χ3n) is 3.79. The summed E-state index contributed by atoms with van der Waals surface area (Å²) in [5.74, 6) is 0.941. The number of rotatable bonds is 3. The quantitative estimate of drug-likeness (QED) is 0.892. The molecule has 19 heavy (non-hydrogen) atoms. The number of fused-ring (bicyclic) bond motifs is 1. The topological polar surface area (TPSA) is 39.2 Å². The molecule has 0 saturated heterocycles. The molecule has 0 fully saturated rings. The Balaban J connectivity index is 2.84. The summed E-state index contributed by atoms with van der Waals surface area (Å²) in [5.41, 5.74) is 10.9. The van der Waals surface area contributed by atoms with E-state index >= 15 is 0 Å². The molecular weight excluding hydrogens is 234 g/mol. The van der Waals surface area contributed by atoms with E-state index in [2.05, 4.69) is 46.8 Å². The van der Waals surface area contributed by atoms with Crippen LogP contribution in [0.5, 0.6) is 0 Å². The summed E-state index contributed by atoms with van der Waals surface area (Å²) in [7, 11) is 0. The maximum Gasteiger partial charge on any atom is 0.138 e. The van der Waals surface area contributed by atoms with Crippen molar-refractivity contribution in [3.05, 3.63) is 34.6 Å². The van der Waals surface area contributed by atoms with Crippen LogP contribution in [0.4, 0.5) is 0 Å². The van der Waals surface area contributed by atoms with Gasteiger partial charge in [0.25, 0.3) is 0 Å². The van der Waals surface area contributed by atoms with Gasteiger partial charge < -0.3 is 10.2 Å². The lowest BCUT2D eigenvalue weighted by Gasteiger charge is -2.20. The van der Waals surface area contributed by atoms with E-state index in [0.29, 0.717) is 6.54 Å². The lowest BCUT2D eigenvalue weighted by molar-refractivity contribution is 0.523. The van der Waals surface area contributed by atoms with Crippen LogP contribution >= 0.6 is 0 Å². The third-order valence-corrected chi connectivity index (χ3v) is 3.79. The molecule has 0 spiro atoms. The highest BCUT2D eigenvalue weighted by Crippen LogP contribution is 2.36. The van der Waals surface area contributed by atoms with Gasteiger partial charge in [0.1, 0.15) is 11.3 Å². The van der Waals surface area contributed by atoms with E-state index in [1.807, 2.05) is 0 Å². The van der Waals surface area contributed by atoms with E-state index in [4.69, 9.17) is 10.2 Å². The second-order valence-corrected chi connectivity index (χ2v) is 6.19. The summed E-state index contributed by atoms with van der Waals surface area (Å²) >= 11 is 0. The average Bonchev–Trinajstić information content (AvgIpc) is 2.73. The Bertz CT molecular complexity index is 587. The van der Waals surface area contributed by atoms with Crippen molar-refractivity contribution in [1.82, 2.24) is 0 Å².